The molecular formula is C16H12BrN3O2S. The van der Waals surface area contributed by atoms with Gasteiger partial charge < -0.3 is 4.74 Å². The molecule has 1 heterocycles. The summed E-state index contributed by atoms with van der Waals surface area (Å²) in [5.74, 6) is 0.542. The van der Waals surface area contributed by atoms with Gasteiger partial charge in [-0.2, -0.15) is 0 Å². The Balaban J connectivity index is 1.57. The van der Waals surface area contributed by atoms with E-state index in [9.17, 15) is 4.79 Å². The zero-order valence-corrected chi connectivity index (χ0v) is 14.3. The number of carbonyl (C=O) groups excluding carboxylic acids is 1. The van der Waals surface area contributed by atoms with Gasteiger partial charge in [0.2, 0.25) is 5.13 Å². The second kappa shape index (κ2) is 7.34. The van der Waals surface area contributed by atoms with Gasteiger partial charge in [-0.15, -0.1) is 10.2 Å². The lowest BCUT2D eigenvalue weighted by Crippen LogP contribution is -2.11. The van der Waals surface area contributed by atoms with Gasteiger partial charge in [0, 0.05) is 10.0 Å². The molecule has 23 heavy (non-hydrogen) atoms. The van der Waals surface area contributed by atoms with Crippen LogP contribution in [0.25, 0.3) is 0 Å². The average molecular weight is 390 g/mol. The molecule has 3 rings (SSSR count). The minimum atomic E-state index is -0.206. The average Bonchev–Trinajstić information content (AvgIpc) is 3.02. The van der Waals surface area contributed by atoms with Crippen LogP contribution in [0, 0.1) is 0 Å². The Morgan fingerprint density at radius 1 is 1.09 bits per heavy atom. The van der Waals surface area contributed by atoms with Crippen molar-refractivity contribution >= 4 is 38.3 Å². The number of hydrogen-bond acceptors (Lipinski definition) is 5. The quantitative estimate of drug-likeness (QED) is 0.712. The fraction of sp³-hybridized carbons (Fsp3) is 0.0625. The third-order valence-electron chi connectivity index (χ3n) is 2.90. The van der Waals surface area contributed by atoms with E-state index in [2.05, 4.69) is 31.4 Å². The molecule has 116 valence electrons. The molecular weight excluding hydrogens is 378 g/mol. The molecule has 0 saturated carbocycles. The molecule has 2 aromatic carbocycles. The van der Waals surface area contributed by atoms with Crippen LogP contribution in [0.4, 0.5) is 5.13 Å². The van der Waals surface area contributed by atoms with Crippen LogP contribution in [0.15, 0.2) is 59.1 Å². The number of hydrogen-bond donors (Lipinski definition) is 1. The van der Waals surface area contributed by atoms with Gasteiger partial charge >= 0.3 is 0 Å². The maximum absolute atomic E-state index is 12.0. The highest BCUT2D eigenvalue weighted by molar-refractivity contribution is 9.10. The van der Waals surface area contributed by atoms with Crippen LogP contribution < -0.4 is 10.1 Å². The second-order valence-corrected chi connectivity index (χ2v) is 6.54. The number of nitrogens with one attached hydrogen (secondary N) is 1. The summed E-state index contributed by atoms with van der Waals surface area (Å²) in [5.41, 5.74) is 0.579. The standard InChI is InChI=1S/C16H12BrN3O2S/c17-12-6-8-13(9-7-12)22-10-14-19-20-16(23-14)18-15(21)11-4-2-1-3-5-11/h1-9H,10H2,(H,18,20,21). The van der Waals surface area contributed by atoms with Gasteiger partial charge in [-0.3, -0.25) is 10.1 Å². The Kier molecular flexibility index (Phi) is 4.99. The molecule has 0 radical (unpaired) electrons. The van der Waals surface area contributed by atoms with Crippen molar-refractivity contribution < 1.29 is 9.53 Å². The molecule has 0 atom stereocenters. The zero-order valence-electron chi connectivity index (χ0n) is 11.9. The lowest BCUT2D eigenvalue weighted by Gasteiger charge is -2.03. The molecule has 1 amide bonds. The highest BCUT2D eigenvalue weighted by atomic mass is 79.9. The number of carbonyl (C=O) groups is 1. The maximum Gasteiger partial charge on any atom is 0.257 e. The second-order valence-electron chi connectivity index (χ2n) is 4.56. The summed E-state index contributed by atoms with van der Waals surface area (Å²) in [6, 6.07) is 16.5. The maximum atomic E-state index is 12.0. The van der Waals surface area contributed by atoms with Crippen molar-refractivity contribution in [3.63, 3.8) is 0 Å². The van der Waals surface area contributed by atoms with E-state index in [1.165, 1.54) is 11.3 Å². The Morgan fingerprint density at radius 3 is 2.57 bits per heavy atom. The molecule has 0 fully saturated rings. The number of benzene rings is 2. The number of rotatable bonds is 5. The molecule has 1 N–H and O–H groups in total. The minimum Gasteiger partial charge on any atom is -0.486 e. The third kappa shape index (κ3) is 4.37. The SMILES string of the molecule is O=C(Nc1nnc(COc2ccc(Br)cc2)s1)c1ccccc1. The van der Waals surface area contributed by atoms with E-state index in [0.717, 1.165) is 10.2 Å². The summed E-state index contributed by atoms with van der Waals surface area (Å²) in [5, 5.41) is 11.8. The van der Waals surface area contributed by atoms with Gasteiger partial charge in [-0.25, -0.2) is 0 Å². The van der Waals surface area contributed by atoms with E-state index in [1.54, 1.807) is 12.1 Å². The molecule has 0 spiro atoms. The van der Waals surface area contributed by atoms with Crippen LogP contribution in [0.2, 0.25) is 0 Å². The van der Waals surface area contributed by atoms with E-state index >= 15 is 0 Å². The van der Waals surface area contributed by atoms with E-state index in [-0.39, 0.29) is 5.91 Å². The molecule has 0 aliphatic carbocycles. The smallest absolute Gasteiger partial charge is 0.257 e. The monoisotopic (exact) mass is 389 g/mol. The molecule has 0 unspecified atom stereocenters. The van der Waals surface area contributed by atoms with Crippen LogP contribution in [-0.4, -0.2) is 16.1 Å². The number of nitrogens with zero attached hydrogens (tertiary/aromatic N) is 2. The predicted octanol–water partition coefficient (Wildman–Crippen LogP) is 4.13. The topological polar surface area (TPSA) is 64.1 Å². The Labute approximate surface area is 145 Å². The fourth-order valence-corrected chi connectivity index (χ4v) is 2.71. The van der Waals surface area contributed by atoms with Gasteiger partial charge in [0.25, 0.3) is 5.91 Å². The predicted molar refractivity (Wildman–Crippen MR) is 92.8 cm³/mol. The summed E-state index contributed by atoms with van der Waals surface area (Å²) < 4.78 is 6.62. The van der Waals surface area contributed by atoms with E-state index in [4.69, 9.17) is 4.74 Å². The van der Waals surface area contributed by atoms with Gasteiger partial charge in [0.15, 0.2) is 5.01 Å². The number of aromatic nitrogens is 2. The summed E-state index contributed by atoms with van der Waals surface area (Å²) in [7, 11) is 0. The van der Waals surface area contributed by atoms with Crippen molar-refractivity contribution in [2.24, 2.45) is 0 Å². The van der Waals surface area contributed by atoms with Crippen molar-refractivity contribution in [3.05, 3.63) is 69.6 Å². The first-order chi connectivity index (χ1) is 11.2. The van der Waals surface area contributed by atoms with Gasteiger partial charge in [-0.05, 0) is 36.4 Å². The molecule has 3 aromatic rings. The summed E-state index contributed by atoms with van der Waals surface area (Å²) >= 11 is 4.66. The summed E-state index contributed by atoms with van der Waals surface area (Å²) in [6.45, 7) is 0.306. The first-order valence-corrected chi connectivity index (χ1v) is 8.39. The highest BCUT2D eigenvalue weighted by Gasteiger charge is 2.10. The van der Waals surface area contributed by atoms with Crippen molar-refractivity contribution in [1.82, 2.24) is 10.2 Å². The summed E-state index contributed by atoms with van der Waals surface area (Å²) in [4.78, 5) is 12.0. The van der Waals surface area contributed by atoms with Gasteiger partial charge in [0.05, 0.1) is 0 Å². The minimum absolute atomic E-state index is 0.206. The van der Waals surface area contributed by atoms with E-state index < -0.39 is 0 Å². The van der Waals surface area contributed by atoms with Crippen molar-refractivity contribution in [3.8, 4) is 5.75 Å². The third-order valence-corrected chi connectivity index (χ3v) is 4.24. The highest BCUT2D eigenvalue weighted by Crippen LogP contribution is 2.20. The molecule has 5 nitrogen and oxygen atoms in total. The van der Waals surface area contributed by atoms with E-state index in [1.807, 2.05) is 42.5 Å². The Morgan fingerprint density at radius 2 is 1.83 bits per heavy atom. The Bertz CT molecular complexity index is 791. The van der Waals surface area contributed by atoms with Crippen LogP contribution in [0.1, 0.15) is 15.4 Å². The number of ether oxygens (including phenoxy) is 1. The zero-order chi connectivity index (χ0) is 16.1. The van der Waals surface area contributed by atoms with E-state index in [0.29, 0.717) is 22.3 Å². The fourth-order valence-electron chi connectivity index (χ4n) is 1.80. The van der Waals surface area contributed by atoms with Crippen molar-refractivity contribution in [1.29, 1.82) is 0 Å². The Hall–Kier alpha value is -2.25. The first kappa shape index (κ1) is 15.6. The van der Waals surface area contributed by atoms with Crippen molar-refractivity contribution in [2.75, 3.05) is 5.32 Å². The van der Waals surface area contributed by atoms with Gasteiger partial charge in [0.1, 0.15) is 12.4 Å². The lowest BCUT2D eigenvalue weighted by atomic mass is 10.2. The van der Waals surface area contributed by atoms with Crippen LogP contribution in [-0.2, 0) is 6.61 Å². The number of amides is 1. The normalized spacial score (nSPS) is 10.3. The molecule has 0 aliphatic rings. The molecule has 0 bridgehead atoms. The lowest BCUT2D eigenvalue weighted by molar-refractivity contribution is 0.102. The summed E-state index contributed by atoms with van der Waals surface area (Å²) in [6.07, 6.45) is 0. The molecule has 1 aromatic heterocycles. The number of anilines is 1. The van der Waals surface area contributed by atoms with Gasteiger partial charge in [-0.1, -0.05) is 45.5 Å². The molecule has 0 aliphatic heterocycles. The molecule has 0 saturated heterocycles. The largest absolute Gasteiger partial charge is 0.486 e. The first-order valence-electron chi connectivity index (χ1n) is 6.78. The molecule has 7 heteroatoms. The van der Waals surface area contributed by atoms with Crippen LogP contribution >= 0.6 is 27.3 Å². The van der Waals surface area contributed by atoms with Crippen LogP contribution in [0.5, 0.6) is 5.75 Å². The van der Waals surface area contributed by atoms with Crippen LogP contribution in [0.3, 0.4) is 0 Å². The number of halogens is 1. The van der Waals surface area contributed by atoms with Crippen molar-refractivity contribution in [2.45, 2.75) is 6.61 Å².